The number of nitrogens with zero attached hydrogens (tertiary/aromatic N) is 1. The van der Waals surface area contributed by atoms with Crippen LogP contribution >= 0.6 is 11.8 Å². The van der Waals surface area contributed by atoms with Gasteiger partial charge in [0.25, 0.3) is 0 Å². The van der Waals surface area contributed by atoms with E-state index in [1.165, 1.54) is 11.8 Å². The van der Waals surface area contributed by atoms with Crippen molar-refractivity contribution in [2.45, 2.75) is 30.7 Å². The Labute approximate surface area is 128 Å². The fraction of sp³-hybridized carbons (Fsp3) is 0.250. The molecule has 0 bridgehead atoms. The van der Waals surface area contributed by atoms with E-state index in [1.807, 2.05) is 26.0 Å². The maximum atomic E-state index is 12.0. The van der Waals surface area contributed by atoms with Crippen LogP contribution in [0.15, 0.2) is 40.3 Å². The maximum Gasteiger partial charge on any atom is 0.339 e. The van der Waals surface area contributed by atoms with Crippen molar-refractivity contribution in [2.75, 3.05) is 12.3 Å². The SMILES string of the molecule is CCOC(=O)c1cccc(N)c1Sc1cc(C)cc(C)n1. The van der Waals surface area contributed by atoms with Crippen LogP contribution in [0.2, 0.25) is 0 Å². The number of rotatable bonds is 4. The molecule has 0 amide bonds. The molecule has 0 atom stereocenters. The van der Waals surface area contributed by atoms with E-state index in [4.69, 9.17) is 10.5 Å². The van der Waals surface area contributed by atoms with E-state index >= 15 is 0 Å². The zero-order valence-corrected chi connectivity index (χ0v) is 13.2. The van der Waals surface area contributed by atoms with Gasteiger partial charge in [-0.1, -0.05) is 17.8 Å². The van der Waals surface area contributed by atoms with E-state index in [-0.39, 0.29) is 5.97 Å². The first-order valence-electron chi connectivity index (χ1n) is 6.70. The smallest absolute Gasteiger partial charge is 0.339 e. The number of aromatic nitrogens is 1. The van der Waals surface area contributed by atoms with Crippen molar-refractivity contribution in [3.8, 4) is 0 Å². The topological polar surface area (TPSA) is 65.2 Å². The highest BCUT2D eigenvalue weighted by atomic mass is 32.2. The van der Waals surface area contributed by atoms with Crippen LogP contribution in [0.5, 0.6) is 0 Å². The second-order valence-corrected chi connectivity index (χ2v) is 5.70. The molecule has 0 unspecified atom stereocenters. The maximum absolute atomic E-state index is 12.0. The largest absolute Gasteiger partial charge is 0.462 e. The van der Waals surface area contributed by atoms with Crippen LogP contribution in [0, 0.1) is 13.8 Å². The Morgan fingerprint density at radius 1 is 1.33 bits per heavy atom. The molecule has 4 nitrogen and oxygen atoms in total. The molecule has 1 aromatic heterocycles. The number of nitrogens with two attached hydrogens (primary N) is 1. The van der Waals surface area contributed by atoms with E-state index in [0.717, 1.165) is 16.3 Å². The lowest BCUT2D eigenvalue weighted by molar-refractivity contribution is 0.0522. The first-order chi connectivity index (χ1) is 10.0. The third-order valence-electron chi connectivity index (χ3n) is 2.82. The third-order valence-corrected chi connectivity index (χ3v) is 3.90. The minimum absolute atomic E-state index is 0.333. The average Bonchev–Trinajstić information content (AvgIpc) is 2.40. The number of benzene rings is 1. The van der Waals surface area contributed by atoms with Gasteiger partial charge in [0.15, 0.2) is 0 Å². The lowest BCUT2D eigenvalue weighted by atomic mass is 10.2. The Morgan fingerprint density at radius 2 is 2.10 bits per heavy atom. The molecule has 0 aliphatic rings. The van der Waals surface area contributed by atoms with Gasteiger partial charge in [0, 0.05) is 11.4 Å². The molecule has 1 aromatic carbocycles. The van der Waals surface area contributed by atoms with Gasteiger partial charge in [-0.3, -0.25) is 0 Å². The second kappa shape index (κ2) is 6.63. The van der Waals surface area contributed by atoms with Gasteiger partial charge in [0.1, 0.15) is 5.03 Å². The Hall–Kier alpha value is -2.01. The summed E-state index contributed by atoms with van der Waals surface area (Å²) in [4.78, 5) is 17.2. The summed E-state index contributed by atoms with van der Waals surface area (Å²) < 4.78 is 5.08. The normalized spacial score (nSPS) is 10.4. The van der Waals surface area contributed by atoms with Crippen LogP contribution < -0.4 is 5.73 Å². The molecule has 0 fully saturated rings. The van der Waals surface area contributed by atoms with Crippen LogP contribution in [0.4, 0.5) is 5.69 Å². The fourth-order valence-electron chi connectivity index (χ4n) is 2.00. The summed E-state index contributed by atoms with van der Waals surface area (Å²) in [5.74, 6) is -0.364. The van der Waals surface area contributed by atoms with E-state index in [9.17, 15) is 4.79 Å². The van der Waals surface area contributed by atoms with Crippen molar-refractivity contribution < 1.29 is 9.53 Å². The summed E-state index contributed by atoms with van der Waals surface area (Å²) in [5.41, 5.74) is 9.10. The molecular formula is C16H18N2O2S. The highest BCUT2D eigenvalue weighted by molar-refractivity contribution is 7.99. The van der Waals surface area contributed by atoms with Crippen molar-refractivity contribution >= 4 is 23.4 Å². The number of carbonyl (C=O) groups is 1. The van der Waals surface area contributed by atoms with E-state index in [0.29, 0.717) is 22.8 Å². The first kappa shape index (κ1) is 15.4. The van der Waals surface area contributed by atoms with Crippen LogP contribution in [-0.4, -0.2) is 17.6 Å². The van der Waals surface area contributed by atoms with Gasteiger partial charge >= 0.3 is 5.97 Å². The van der Waals surface area contributed by atoms with Gasteiger partial charge in [0.2, 0.25) is 0 Å². The number of aryl methyl sites for hydroxylation is 2. The Balaban J connectivity index is 2.41. The number of esters is 1. The highest BCUT2D eigenvalue weighted by Crippen LogP contribution is 2.34. The first-order valence-corrected chi connectivity index (χ1v) is 7.51. The molecule has 0 saturated carbocycles. The molecular weight excluding hydrogens is 284 g/mol. The van der Waals surface area contributed by atoms with Gasteiger partial charge < -0.3 is 10.5 Å². The molecule has 2 N–H and O–H groups in total. The van der Waals surface area contributed by atoms with E-state index in [2.05, 4.69) is 4.98 Å². The summed E-state index contributed by atoms with van der Waals surface area (Å²) in [5, 5.41) is 0.816. The fourth-order valence-corrected chi connectivity index (χ4v) is 3.09. The van der Waals surface area contributed by atoms with Crippen molar-refractivity contribution in [3.63, 3.8) is 0 Å². The van der Waals surface area contributed by atoms with E-state index < -0.39 is 0 Å². The molecule has 0 spiro atoms. The Bertz CT molecular complexity index is 651. The van der Waals surface area contributed by atoms with Crippen LogP contribution in [-0.2, 0) is 4.74 Å². The summed E-state index contributed by atoms with van der Waals surface area (Å²) in [7, 11) is 0. The van der Waals surface area contributed by atoms with Crippen molar-refractivity contribution in [2.24, 2.45) is 0 Å². The number of pyridine rings is 1. The number of ether oxygens (including phenoxy) is 1. The molecule has 5 heteroatoms. The number of hydrogen-bond donors (Lipinski definition) is 1. The standard InChI is InChI=1S/C16H18N2O2S/c1-4-20-16(19)12-6-5-7-13(17)15(12)21-14-9-10(2)8-11(3)18-14/h5-9H,4,17H2,1-3H3. The van der Waals surface area contributed by atoms with E-state index in [1.54, 1.807) is 25.1 Å². The summed E-state index contributed by atoms with van der Waals surface area (Å²) in [6.45, 7) is 6.07. The minimum atomic E-state index is -0.364. The molecule has 0 radical (unpaired) electrons. The number of anilines is 1. The Morgan fingerprint density at radius 3 is 2.76 bits per heavy atom. The average molecular weight is 302 g/mol. The van der Waals surface area contributed by atoms with Gasteiger partial charge in [-0.25, -0.2) is 9.78 Å². The third kappa shape index (κ3) is 3.76. The minimum Gasteiger partial charge on any atom is -0.462 e. The van der Waals surface area contributed by atoms with Gasteiger partial charge in [-0.2, -0.15) is 0 Å². The second-order valence-electron chi connectivity index (χ2n) is 4.67. The molecule has 0 saturated heterocycles. The van der Waals surface area contributed by atoms with Crippen molar-refractivity contribution in [1.82, 2.24) is 4.98 Å². The van der Waals surface area contributed by atoms with Crippen molar-refractivity contribution in [1.29, 1.82) is 0 Å². The zero-order valence-electron chi connectivity index (χ0n) is 12.3. The molecule has 2 aromatic rings. The highest BCUT2D eigenvalue weighted by Gasteiger charge is 2.16. The zero-order chi connectivity index (χ0) is 15.4. The molecule has 1 heterocycles. The lowest BCUT2D eigenvalue weighted by Gasteiger charge is -2.11. The summed E-state index contributed by atoms with van der Waals surface area (Å²) in [6, 6.07) is 9.22. The quantitative estimate of drug-likeness (QED) is 0.690. The molecule has 2 rings (SSSR count). The predicted octanol–water partition coefficient (Wildman–Crippen LogP) is 3.61. The van der Waals surface area contributed by atoms with Gasteiger partial charge in [-0.15, -0.1) is 0 Å². The number of nitrogen functional groups attached to an aromatic ring is 1. The van der Waals surface area contributed by atoms with Gasteiger partial charge in [0.05, 0.1) is 17.1 Å². The van der Waals surface area contributed by atoms with Crippen LogP contribution in [0.3, 0.4) is 0 Å². The molecule has 0 aliphatic heterocycles. The van der Waals surface area contributed by atoms with Crippen LogP contribution in [0.1, 0.15) is 28.5 Å². The Kier molecular flexibility index (Phi) is 4.85. The van der Waals surface area contributed by atoms with Crippen molar-refractivity contribution in [3.05, 3.63) is 47.2 Å². The van der Waals surface area contributed by atoms with Crippen LogP contribution in [0.25, 0.3) is 0 Å². The molecule has 21 heavy (non-hydrogen) atoms. The molecule has 0 aliphatic carbocycles. The van der Waals surface area contributed by atoms with Gasteiger partial charge in [-0.05, 0) is 50.6 Å². The lowest BCUT2D eigenvalue weighted by Crippen LogP contribution is -2.07. The summed E-state index contributed by atoms with van der Waals surface area (Å²) in [6.07, 6.45) is 0. The summed E-state index contributed by atoms with van der Waals surface area (Å²) >= 11 is 1.39. The molecule has 110 valence electrons. The monoisotopic (exact) mass is 302 g/mol. The number of carbonyl (C=O) groups excluding carboxylic acids is 1. The predicted molar refractivity (Wildman–Crippen MR) is 84.6 cm³/mol. The number of hydrogen-bond acceptors (Lipinski definition) is 5.